The lowest BCUT2D eigenvalue weighted by Gasteiger charge is -2.14. The Kier molecular flexibility index (Phi) is 5.38. The summed E-state index contributed by atoms with van der Waals surface area (Å²) in [5.74, 6) is -3.17. The van der Waals surface area contributed by atoms with Gasteiger partial charge in [-0.3, -0.25) is 8.94 Å². The van der Waals surface area contributed by atoms with Crippen LogP contribution in [-0.2, 0) is 14.6 Å². The molecule has 0 rings (SSSR count). The highest BCUT2D eigenvalue weighted by atomic mass is 32.3. The van der Waals surface area contributed by atoms with E-state index in [-0.39, 0.29) is 6.42 Å². The smallest absolute Gasteiger partial charge is 0.264 e. The average molecular weight is 236 g/mol. The first-order valence-electron chi connectivity index (χ1n) is 3.82. The second kappa shape index (κ2) is 5.52. The van der Waals surface area contributed by atoms with Gasteiger partial charge in [0.1, 0.15) is 0 Å². The minimum atomic E-state index is -4.67. The molecule has 0 aliphatic rings. The Morgan fingerprint density at radius 3 is 2.29 bits per heavy atom. The van der Waals surface area contributed by atoms with E-state index in [1.807, 2.05) is 0 Å². The Morgan fingerprint density at radius 2 is 1.86 bits per heavy atom. The van der Waals surface area contributed by atoms with Gasteiger partial charge in [0.05, 0.1) is 13.3 Å². The third kappa shape index (κ3) is 8.27. The highest BCUT2D eigenvalue weighted by molar-refractivity contribution is 7.80. The van der Waals surface area contributed by atoms with Gasteiger partial charge in [0.2, 0.25) is 0 Å². The Bertz CT molecular complexity index is 252. The predicted molar refractivity (Wildman–Crippen MR) is 42.3 cm³/mol. The SMILES string of the molecule is O=S(=O)(O)OCCC(F)(F)CCCF. The van der Waals surface area contributed by atoms with E-state index in [0.29, 0.717) is 0 Å². The molecule has 0 aliphatic carbocycles. The largest absolute Gasteiger partial charge is 0.397 e. The van der Waals surface area contributed by atoms with Crippen molar-refractivity contribution in [2.75, 3.05) is 13.3 Å². The minimum absolute atomic E-state index is 0.293. The maximum absolute atomic E-state index is 12.7. The lowest BCUT2D eigenvalue weighted by Crippen LogP contribution is -2.20. The monoisotopic (exact) mass is 236 g/mol. The molecule has 8 heteroatoms. The molecular formula is C6H11F3O4S. The van der Waals surface area contributed by atoms with Gasteiger partial charge in [-0.1, -0.05) is 0 Å². The maximum Gasteiger partial charge on any atom is 0.397 e. The van der Waals surface area contributed by atoms with Crippen LogP contribution in [0.3, 0.4) is 0 Å². The van der Waals surface area contributed by atoms with Crippen molar-refractivity contribution in [2.45, 2.75) is 25.2 Å². The number of rotatable bonds is 7. The van der Waals surface area contributed by atoms with Crippen LogP contribution in [-0.4, -0.2) is 32.2 Å². The topological polar surface area (TPSA) is 63.6 Å². The van der Waals surface area contributed by atoms with Gasteiger partial charge in [0.25, 0.3) is 5.92 Å². The summed E-state index contributed by atoms with van der Waals surface area (Å²) < 4.78 is 68.5. The summed E-state index contributed by atoms with van der Waals surface area (Å²) in [5, 5.41) is 0. The first kappa shape index (κ1) is 13.7. The summed E-state index contributed by atoms with van der Waals surface area (Å²) in [6, 6.07) is 0. The first-order valence-corrected chi connectivity index (χ1v) is 5.19. The molecule has 0 amide bonds. The molecule has 0 aromatic rings. The van der Waals surface area contributed by atoms with E-state index in [1.165, 1.54) is 0 Å². The Balaban J connectivity index is 3.76. The van der Waals surface area contributed by atoms with Gasteiger partial charge < -0.3 is 0 Å². The molecule has 0 saturated carbocycles. The molecular weight excluding hydrogens is 225 g/mol. The van der Waals surface area contributed by atoms with Crippen LogP contribution in [0.5, 0.6) is 0 Å². The summed E-state index contributed by atoms with van der Waals surface area (Å²) >= 11 is 0. The van der Waals surface area contributed by atoms with Crippen LogP contribution >= 0.6 is 0 Å². The third-order valence-corrected chi connectivity index (χ3v) is 1.84. The quantitative estimate of drug-likeness (QED) is 0.681. The van der Waals surface area contributed by atoms with Crippen molar-refractivity contribution in [3.05, 3.63) is 0 Å². The van der Waals surface area contributed by atoms with Gasteiger partial charge in [-0.25, -0.2) is 13.0 Å². The fraction of sp³-hybridized carbons (Fsp3) is 1.00. The zero-order valence-corrected chi connectivity index (χ0v) is 8.07. The Morgan fingerprint density at radius 1 is 1.29 bits per heavy atom. The van der Waals surface area contributed by atoms with Crippen molar-refractivity contribution < 1.29 is 30.3 Å². The van der Waals surface area contributed by atoms with E-state index >= 15 is 0 Å². The van der Waals surface area contributed by atoms with Gasteiger partial charge in [0, 0.05) is 12.8 Å². The Labute approximate surface area is 80.0 Å². The van der Waals surface area contributed by atoms with Crippen LogP contribution in [0, 0.1) is 0 Å². The summed E-state index contributed by atoms with van der Waals surface area (Å²) in [6.45, 7) is -1.67. The Hall–Kier alpha value is -0.340. The van der Waals surface area contributed by atoms with Crippen molar-refractivity contribution in [3.63, 3.8) is 0 Å². The second-order valence-electron chi connectivity index (χ2n) is 2.65. The van der Waals surface area contributed by atoms with Crippen LogP contribution in [0.4, 0.5) is 13.2 Å². The molecule has 0 bridgehead atoms. The molecule has 0 fully saturated rings. The van der Waals surface area contributed by atoms with E-state index in [4.69, 9.17) is 4.55 Å². The van der Waals surface area contributed by atoms with Crippen molar-refractivity contribution >= 4 is 10.4 Å². The molecule has 4 nitrogen and oxygen atoms in total. The van der Waals surface area contributed by atoms with Crippen LogP contribution in [0.1, 0.15) is 19.3 Å². The summed E-state index contributed by atoms with van der Waals surface area (Å²) in [4.78, 5) is 0. The van der Waals surface area contributed by atoms with Crippen LogP contribution in [0.2, 0.25) is 0 Å². The normalized spacial score (nSPS) is 13.1. The van der Waals surface area contributed by atoms with Crippen molar-refractivity contribution in [3.8, 4) is 0 Å². The lowest BCUT2D eigenvalue weighted by molar-refractivity contribution is -0.0291. The van der Waals surface area contributed by atoms with Gasteiger partial charge in [-0.15, -0.1) is 0 Å². The lowest BCUT2D eigenvalue weighted by atomic mass is 10.1. The van der Waals surface area contributed by atoms with E-state index in [0.717, 1.165) is 0 Å². The van der Waals surface area contributed by atoms with E-state index in [2.05, 4.69) is 4.18 Å². The number of hydrogen-bond acceptors (Lipinski definition) is 3. The molecule has 86 valence electrons. The number of alkyl halides is 3. The third-order valence-electron chi connectivity index (χ3n) is 1.38. The molecule has 0 aromatic carbocycles. The highest BCUT2D eigenvalue weighted by Crippen LogP contribution is 2.24. The van der Waals surface area contributed by atoms with Crippen LogP contribution < -0.4 is 0 Å². The molecule has 0 radical (unpaired) electrons. The van der Waals surface area contributed by atoms with Gasteiger partial charge in [0.15, 0.2) is 0 Å². The number of halogens is 3. The maximum atomic E-state index is 12.7. The van der Waals surface area contributed by atoms with E-state index in [1.54, 1.807) is 0 Å². The molecule has 1 N–H and O–H groups in total. The fourth-order valence-corrected chi connectivity index (χ4v) is 1.04. The van der Waals surface area contributed by atoms with Crippen LogP contribution in [0.15, 0.2) is 0 Å². The van der Waals surface area contributed by atoms with Gasteiger partial charge >= 0.3 is 10.4 Å². The molecule has 0 aromatic heterocycles. The van der Waals surface area contributed by atoms with Gasteiger partial charge in [-0.05, 0) is 6.42 Å². The fourth-order valence-electron chi connectivity index (χ4n) is 0.747. The zero-order valence-electron chi connectivity index (χ0n) is 7.25. The highest BCUT2D eigenvalue weighted by Gasteiger charge is 2.28. The summed E-state index contributed by atoms with van der Waals surface area (Å²) in [5.41, 5.74) is 0. The minimum Gasteiger partial charge on any atom is -0.264 e. The molecule has 0 aliphatic heterocycles. The summed E-state index contributed by atoms with van der Waals surface area (Å²) in [7, 11) is -4.67. The molecule has 0 unspecified atom stereocenters. The first-order chi connectivity index (χ1) is 6.27. The molecule has 0 heterocycles. The second-order valence-corrected chi connectivity index (χ2v) is 3.74. The van der Waals surface area contributed by atoms with Crippen molar-refractivity contribution in [2.24, 2.45) is 0 Å². The zero-order chi connectivity index (χ0) is 11.2. The molecule has 0 saturated heterocycles. The predicted octanol–water partition coefficient (Wildman–Crippen LogP) is 1.58. The molecule has 14 heavy (non-hydrogen) atoms. The van der Waals surface area contributed by atoms with E-state index < -0.39 is 42.4 Å². The van der Waals surface area contributed by atoms with E-state index in [9.17, 15) is 21.6 Å². The van der Waals surface area contributed by atoms with Crippen LogP contribution in [0.25, 0.3) is 0 Å². The van der Waals surface area contributed by atoms with Crippen molar-refractivity contribution in [1.82, 2.24) is 0 Å². The molecule has 0 spiro atoms. The average Bonchev–Trinajstić information content (AvgIpc) is 1.98. The van der Waals surface area contributed by atoms with Gasteiger partial charge in [-0.2, -0.15) is 8.42 Å². The number of hydrogen-bond donors (Lipinski definition) is 1. The standard InChI is InChI=1S/C6H11F3O4S/c7-4-1-2-6(8,9)3-5-13-14(10,11)12/h1-5H2,(H,10,11,12). The molecule has 0 atom stereocenters. The summed E-state index contributed by atoms with van der Waals surface area (Å²) in [6.07, 6.45) is -1.83. The van der Waals surface area contributed by atoms with Crippen molar-refractivity contribution in [1.29, 1.82) is 0 Å².